The smallest absolute Gasteiger partial charge is 0.265 e. The van der Waals surface area contributed by atoms with Crippen LogP contribution in [0.4, 0.5) is 5.95 Å². The molecular weight excluding hydrogens is 208 g/mol. The van der Waals surface area contributed by atoms with E-state index in [4.69, 9.17) is 15.0 Å². The van der Waals surface area contributed by atoms with Gasteiger partial charge in [0.1, 0.15) is 6.10 Å². The van der Waals surface area contributed by atoms with Gasteiger partial charge in [0.05, 0.1) is 6.10 Å². The second kappa shape index (κ2) is 4.80. The summed E-state index contributed by atoms with van der Waals surface area (Å²) in [6, 6.07) is 0. The fourth-order valence-electron chi connectivity index (χ4n) is 1.71. The van der Waals surface area contributed by atoms with Crippen LogP contribution in [-0.4, -0.2) is 36.4 Å². The maximum absolute atomic E-state index is 5.68. The van der Waals surface area contributed by atoms with Crippen molar-refractivity contribution in [3.63, 3.8) is 0 Å². The van der Waals surface area contributed by atoms with E-state index in [-0.39, 0.29) is 12.2 Å². The summed E-state index contributed by atoms with van der Waals surface area (Å²) >= 11 is 0. The fraction of sp³-hybridized carbons (Fsp3) is 0.800. The third-order valence-corrected chi connectivity index (χ3v) is 2.89. The number of ether oxygens (including phenoxy) is 1. The van der Waals surface area contributed by atoms with Crippen molar-refractivity contribution in [1.82, 2.24) is 10.1 Å². The molecule has 2 rings (SSSR count). The highest BCUT2D eigenvalue weighted by Gasteiger charge is 2.30. The molecule has 1 aromatic heterocycles. The lowest BCUT2D eigenvalue weighted by molar-refractivity contribution is 0.0307. The molecule has 6 heteroatoms. The number of nitrogens with zero attached hydrogens (tertiary/aromatic N) is 3. The maximum atomic E-state index is 5.68. The molecule has 2 N–H and O–H groups in total. The first-order chi connectivity index (χ1) is 7.74. The monoisotopic (exact) mass is 226 g/mol. The Morgan fingerprint density at radius 2 is 2.31 bits per heavy atom. The van der Waals surface area contributed by atoms with Gasteiger partial charge in [-0.25, -0.2) is 0 Å². The van der Waals surface area contributed by atoms with Crippen LogP contribution in [0.15, 0.2) is 4.52 Å². The lowest BCUT2D eigenvalue weighted by Crippen LogP contribution is -2.19. The normalized spacial score (nSPS) is 24.9. The lowest BCUT2D eigenvalue weighted by Gasteiger charge is -2.09. The standard InChI is InChI=1S/C10H18N4O2/c1-3-14(2)10-12-9(16-13-10)8-5-4-7(6-11)15-8/h7-8H,3-6,11H2,1-2H3. The quantitative estimate of drug-likeness (QED) is 0.814. The third-order valence-electron chi connectivity index (χ3n) is 2.89. The highest BCUT2D eigenvalue weighted by molar-refractivity contribution is 5.25. The topological polar surface area (TPSA) is 77.4 Å². The van der Waals surface area contributed by atoms with Crippen molar-refractivity contribution in [2.24, 2.45) is 5.73 Å². The van der Waals surface area contributed by atoms with Crippen molar-refractivity contribution in [2.45, 2.75) is 32.0 Å². The predicted octanol–water partition coefficient (Wildman–Crippen LogP) is 0.705. The molecule has 0 amide bonds. The summed E-state index contributed by atoms with van der Waals surface area (Å²) in [5.74, 6) is 1.17. The Morgan fingerprint density at radius 3 is 2.94 bits per heavy atom. The minimum Gasteiger partial charge on any atom is -0.364 e. The molecule has 16 heavy (non-hydrogen) atoms. The largest absolute Gasteiger partial charge is 0.364 e. The highest BCUT2D eigenvalue weighted by atomic mass is 16.5. The minimum atomic E-state index is -0.0833. The van der Waals surface area contributed by atoms with Crippen LogP contribution in [0.1, 0.15) is 31.8 Å². The summed E-state index contributed by atoms with van der Waals surface area (Å²) in [5, 5.41) is 3.91. The van der Waals surface area contributed by atoms with Gasteiger partial charge in [-0.2, -0.15) is 4.98 Å². The van der Waals surface area contributed by atoms with E-state index in [1.165, 1.54) is 0 Å². The molecule has 1 aliphatic heterocycles. The van der Waals surface area contributed by atoms with Crippen LogP contribution in [0.25, 0.3) is 0 Å². The minimum absolute atomic E-state index is 0.0833. The van der Waals surface area contributed by atoms with Crippen LogP contribution < -0.4 is 10.6 Å². The Bertz CT molecular complexity index is 341. The Balaban J connectivity index is 2.02. The van der Waals surface area contributed by atoms with Gasteiger partial charge in [0, 0.05) is 20.1 Å². The van der Waals surface area contributed by atoms with Gasteiger partial charge in [-0.3, -0.25) is 0 Å². The molecule has 2 atom stereocenters. The van der Waals surface area contributed by atoms with Crippen LogP contribution in [0.5, 0.6) is 0 Å². The maximum Gasteiger partial charge on any atom is 0.265 e. The van der Waals surface area contributed by atoms with E-state index >= 15 is 0 Å². The van der Waals surface area contributed by atoms with E-state index in [0.29, 0.717) is 18.4 Å². The first-order valence-corrected chi connectivity index (χ1v) is 5.64. The van der Waals surface area contributed by atoms with Crippen LogP contribution >= 0.6 is 0 Å². The number of hydrogen-bond donors (Lipinski definition) is 1. The molecular formula is C10H18N4O2. The van der Waals surface area contributed by atoms with E-state index < -0.39 is 0 Å². The van der Waals surface area contributed by atoms with Gasteiger partial charge in [0.25, 0.3) is 11.8 Å². The Hall–Kier alpha value is -1.14. The fourth-order valence-corrected chi connectivity index (χ4v) is 1.71. The van der Waals surface area contributed by atoms with Gasteiger partial charge in [-0.15, -0.1) is 0 Å². The summed E-state index contributed by atoms with van der Waals surface area (Å²) < 4.78 is 10.9. The van der Waals surface area contributed by atoms with Crippen molar-refractivity contribution >= 4 is 5.95 Å². The summed E-state index contributed by atoms with van der Waals surface area (Å²) in [5.41, 5.74) is 5.55. The van der Waals surface area contributed by atoms with Gasteiger partial charge in [0.2, 0.25) is 0 Å². The summed E-state index contributed by atoms with van der Waals surface area (Å²) in [6.07, 6.45) is 1.91. The Morgan fingerprint density at radius 1 is 1.50 bits per heavy atom. The van der Waals surface area contributed by atoms with Crippen molar-refractivity contribution in [1.29, 1.82) is 0 Å². The van der Waals surface area contributed by atoms with Gasteiger partial charge in [-0.05, 0) is 24.9 Å². The van der Waals surface area contributed by atoms with Crippen molar-refractivity contribution < 1.29 is 9.26 Å². The van der Waals surface area contributed by atoms with Crippen LogP contribution in [0.2, 0.25) is 0 Å². The molecule has 0 radical (unpaired) electrons. The zero-order chi connectivity index (χ0) is 11.5. The average molecular weight is 226 g/mol. The summed E-state index contributed by atoms with van der Waals surface area (Å²) in [4.78, 5) is 6.23. The summed E-state index contributed by atoms with van der Waals surface area (Å²) in [7, 11) is 1.92. The second-order valence-electron chi connectivity index (χ2n) is 4.01. The molecule has 1 aliphatic rings. The molecule has 1 aromatic rings. The Kier molecular flexibility index (Phi) is 3.40. The molecule has 1 saturated heterocycles. The third kappa shape index (κ3) is 2.17. The van der Waals surface area contributed by atoms with E-state index in [9.17, 15) is 0 Å². The zero-order valence-corrected chi connectivity index (χ0v) is 9.72. The van der Waals surface area contributed by atoms with Crippen LogP contribution in [-0.2, 0) is 4.74 Å². The average Bonchev–Trinajstić information content (AvgIpc) is 2.95. The molecule has 6 nitrogen and oxygen atoms in total. The molecule has 2 unspecified atom stereocenters. The zero-order valence-electron chi connectivity index (χ0n) is 9.72. The molecule has 0 saturated carbocycles. The predicted molar refractivity (Wildman–Crippen MR) is 59.1 cm³/mol. The van der Waals surface area contributed by atoms with Crippen molar-refractivity contribution in [2.75, 3.05) is 25.0 Å². The van der Waals surface area contributed by atoms with Gasteiger partial charge < -0.3 is 19.9 Å². The molecule has 0 bridgehead atoms. The first-order valence-electron chi connectivity index (χ1n) is 5.64. The molecule has 0 aliphatic carbocycles. The van der Waals surface area contributed by atoms with Crippen LogP contribution in [0.3, 0.4) is 0 Å². The van der Waals surface area contributed by atoms with Gasteiger partial charge in [-0.1, -0.05) is 0 Å². The van der Waals surface area contributed by atoms with Crippen LogP contribution in [0, 0.1) is 0 Å². The molecule has 1 fully saturated rings. The number of aromatic nitrogens is 2. The van der Waals surface area contributed by atoms with E-state index in [1.807, 2.05) is 18.9 Å². The van der Waals surface area contributed by atoms with E-state index in [0.717, 1.165) is 19.4 Å². The Labute approximate surface area is 94.7 Å². The molecule has 0 aromatic carbocycles. The number of rotatable bonds is 4. The number of hydrogen-bond acceptors (Lipinski definition) is 6. The summed E-state index contributed by atoms with van der Waals surface area (Å²) in [6.45, 7) is 3.43. The number of nitrogens with two attached hydrogens (primary N) is 1. The van der Waals surface area contributed by atoms with Gasteiger partial charge >= 0.3 is 0 Å². The van der Waals surface area contributed by atoms with Crippen molar-refractivity contribution in [3.8, 4) is 0 Å². The first kappa shape index (κ1) is 11.3. The van der Waals surface area contributed by atoms with E-state index in [1.54, 1.807) is 0 Å². The molecule has 2 heterocycles. The SMILES string of the molecule is CCN(C)c1noc(C2CCC(CN)O2)n1. The van der Waals surface area contributed by atoms with E-state index in [2.05, 4.69) is 10.1 Å². The molecule has 90 valence electrons. The lowest BCUT2D eigenvalue weighted by atomic mass is 10.2. The molecule has 0 spiro atoms. The van der Waals surface area contributed by atoms with Gasteiger partial charge in [0.15, 0.2) is 0 Å². The second-order valence-corrected chi connectivity index (χ2v) is 4.01. The highest BCUT2D eigenvalue weighted by Crippen LogP contribution is 2.31. The van der Waals surface area contributed by atoms with Crippen molar-refractivity contribution in [3.05, 3.63) is 5.89 Å². The number of anilines is 1.